The van der Waals surface area contributed by atoms with Gasteiger partial charge in [-0.25, -0.2) is 4.79 Å². The minimum atomic E-state index is -0.429. The minimum Gasteiger partial charge on any atom is -0.446 e. The van der Waals surface area contributed by atoms with Gasteiger partial charge in [0.25, 0.3) is 0 Å². The zero-order valence-corrected chi connectivity index (χ0v) is 17.0. The highest BCUT2D eigenvalue weighted by Gasteiger charge is 2.40. The maximum atomic E-state index is 12.4. The van der Waals surface area contributed by atoms with Gasteiger partial charge in [-0.1, -0.05) is 54.6 Å². The molecule has 28 heavy (non-hydrogen) atoms. The number of ether oxygens (including phenoxy) is 1. The molecule has 1 aliphatic heterocycles. The number of benzene rings is 2. The fourth-order valence-corrected chi connectivity index (χ4v) is 4.14. The summed E-state index contributed by atoms with van der Waals surface area (Å²) in [4.78, 5) is 12.4. The zero-order valence-electron chi connectivity index (χ0n) is 17.0. The molecular formula is C23H31N2O3+. The normalized spacial score (nSPS) is 22.3. The highest BCUT2D eigenvalue weighted by Crippen LogP contribution is 2.27. The second-order valence-corrected chi connectivity index (χ2v) is 8.24. The number of amides is 1. The average molecular weight is 384 g/mol. The topological polar surface area (TPSA) is 58.6 Å². The van der Waals surface area contributed by atoms with Gasteiger partial charge in [0.05, 0.1) is 20.6 Å². The largest absolute Gasteiger partial charge is 0.446 e. The number of likely N-dealkylation sites (tertiary alicyclic amines) is 1. The Balaban J connectivity index is 1.59. The molecule has 5 heteroatoms. The van der Waals surface area contributed by atoms with E-state index in [1.807, 2.05) is 43.3 Å². The predicted molar refractivity (Wildman–Crippen MR) is 111 cm³/mol. The van der Waals surface area contributed by atoms with Crippen molar-refractivity contribution in [1.82, 2.24) is 5.32 Å². The van der Waals surface area contributed by atoms with Crippen molar-refractivity contribution in [2.75, 3.05) is 20.6 Å². The van der Waals surface area contributed by atoms with Crippen LogP contribution in [0.2, 0.25) is 0 Å². The molecule has 1 fully saturated rings. The Kier molecular flexibility index (Phi) is 6.37. The van der Waals surface area contributed by atoms with E-state index in [1.54, 1.807) is 0 Å². The molecule has 0 aliphatic carbocycles. The second kappa shape index (κ2) is 8.76. The van der Waals surface area contributed by atoms with E-state index < -0.39 is 12.2 Å². The summed E-state index contributed by atoms with van der Waals surface area (Å²) in [5, 5.41) is 13.0. The maximum Gasteiger partial charge on any atom is 0.407 e. The number of hydrogen-bond donors (Lipinski definition) is 2. The van der Waals surface area contributed by atoms with Crippen LogP contribution in [0.5, 0.6) is 0 Å². The summed E-state index contributed by atoms with van der Waals surface area (Å²) in [5.41, 5.74) is 3.28. The van der Waals surface area contributed by atoms with Crippen LogP contribution in [0, 0.1) is 0 Å². The van der Waals surface area contributed by atoms with Gasteiger partial charge in [0, 0.05) is 19.4 Å². The number of carbonyl (C=O) groups is 1. The van der Waals surface area contributed by atoms with E-state index in [9.17, 15) is 9.90 Å². The van der Waals surface area contributed by atoms with Crippen LogP contribution in [0.15, 0.2) is 54.6 Å². The van der Waals surface area contributed by atoms with Crippen LogP contribution in [0.4, 0.5) is 4.79 Å². The molecule has 1 heterocycles. The number of nitrogens with one attached hydrogen (secondary N) is 1. The van der Waals surface area contributed by atoms with E-state index in [0.717, 1.165) is 34.1 Å². The lowest BCUT2D eigenvalue weighted by atomic mass is 9.94. The lowest BCUT2D eigenvalue weighted by Crippen LogP contribution is -2.59. The summed E-state index contributed by atoms with van der Waals surface area (Å²) >= 11 is 0. The first-order chi connectivity index (χ1) is 13.4. The van der Waals surface area contributed by atoms with E-state index in [0.29, 0.717) is 13.0 Å². The maximum absolute atomic E-state index is 12.4. The summed E-state index contributed by atoms with van der Waals surface area (Å²) < 4.78 is 6.41. The van der Waals surface area contributed by atoms with E-state index in [-0.39, 0.29) is 12.1 Å². The van der Waals surface area contributed by atoms with Crippen LogP contribution < -0.4 is 5.32 Å². The first kappa shape index (κ1) is 20.4. The number of rotatable bonds is 5. The van der Waals surface area contributed by atoms with Crippen molar-refractivity contribution in [2.45, 2.75) is 44.6 Å². The van der Waals surface area contributed by atoms with E-state index >= 15 is 0 Å². The molecule has 0 radical (unpaired) electrons. The SMILES string of the molecule is C[C@H](O)[C@@H]1C[C@@H](OC(=O)NCc2ccccc2-c2ccccc2)CC[N+]1(C)C. The first-order valence-electron chi connectivity index (χ1n) is 9.95. The lowest BCUT2D eigenvalue weighted by molar-refractivity contribution is -0.924. The number of likely N-dealkylation sites (N-methyl/N-ethyl adjacent to an activating group) is 1. The number of hydrogen-bond acceptors (Lipinski definition) is 3. The van der Waals surface area contributed by atoms with Crippen LogP contribution >= 0.6 is 0 Å². The monoisotopic (exact) mass is 383 g/mol. The molecule has 5 nitrogen and oxygen atoms in total. The summed E-state index contributed by atoms with van der Waals surface area (Å²) in [6.45, 7) is 3.11. The van der Waals surface area contributed by atoms with Crippen LogP contribution in [0.25, 0.3) is 11.1 Å². The summed E-state index contributed by atoms with van der Waals surface area (Å²) in [6.07, 6.45) is 0.505. The van der Waals surface area contributed by atoms with Crippen molar-refractivity contribution < 1.29 is 19.1 Å². The average Bonchev–Trinajstić information content (AvgIpc) is 2.68. The van der Waals surface area contributed by atoms with Gasteiger partial charge in [-0.3, -0.25) is 0 Å². The van der Waals surface area contributed by atoms with Crippen molar-refractivity contribution in [2.24, 2.45) is 0 Å². The standard InChI is InChI=1S/C23H30N2O3/c1-17(26)22-15-20(13-14-25(22,2)3)28-23(27)24-16-19-11-7-8-12-21(19)18-9-5-4-6-10-18/h4-12,17,20,22,26H,13-16H2,1-3H3/p+1/t17-,20-,22-/m0/s1. The Morgan fingerprint density at radius 1 is 1.18 bits per heavy atom. The predicted octanol–water partition coefficient (Wildman–Crippen LogP) is 3.57. The Morgan fingerprint density at radius 2 is 1.86 bits per heavy atom. The molecule has 150 valence electrons. The highest BCUT2D eigenvalue weighted by atomic mass is 16.6. The van der Waals surface area contributed by atoms with E-state index in [2.05, 4.69) is 37.6 Å². The Labute approximate surface area is 167 Å². The number of piperidine rings is 1. The van der Waals surface area contributed by atoms with Crippen molar-refractivity contribution in [3.05, 3.63) is 60.2 Å². The molecule has 2 N–H and O–H groups in total. The van der Waals surface area contributed by atoms with Gasteiger partial charge in [0.2, 0.25) is 0 Å². The Hall–Kier alpha value is -2.37. The molecule has 2 aromatic rings. The van der Waals surface area contributed by atoms with Gasteiger partial charge in [-0.05, 0) is 23.6 Å². The van der Waals surface area contributed by atoms with Crippen LogP contribution in [0.3, 0.4) is 0 Å². The van der Waals surface area contributed by atoms with Gasteiger partial charge in [-0.15, -0.1) is 0 Å². The number of quaternary nitrogens is 1. The molecule has 0 bridgehead atoms. The molecule has 1 saturated heterocycles. The van der Waals surface area contributed by atoms with E-state index in [1.165, 1.54) is 0 Å². The van der Waals surface area contributed by atoms with Gasteiger partial charge in [0.15, 0.2) is 0 Å². The van der Waals surface area contributed by atoms with Gasteiger partial charge < -0.3 is 19.6 Å². The molecule has 3 rings (SSSR count). The number of nitrogens with zero attached hydrogens (tertiary/aromatic N) is 1. The van der Waals surface area contributed by atoms with Crippen LogP contribution in [-0.4, -0.2) is 54.6 Å². The zero-order chi connectivity index (χ0) is 20.1. The summed E-state index contributed by atoms with van der Waals surface area (Å²) in [5.74, 6) is 0. The molecule has 0 aromatic heterocycles. The molecule has 0 unspecified atom stereocenters. The molecule has 1 amide bonds. The smallest absolute Gasteiger partial charge is 0.407 e. The highest BCUT2D eigenvalue weighted by molar-refractivity contribution is 5.70. The van der Waals surface area contributed by atoms with Crippen LogP contribution in [0.1, 0.15) is 25.3 Å². The van der Waals surface area contributed by atoms with Gasteiger partial charge >= 0.3 is 6.09 Å². The third-order valence-corrected chi connectivity index (χ3v) is 5.79. The molecule has 2 aromatic carbocycles. The molecular weight excluding hydrogens is 352 g/mol. The molecule has 0 spiro atoms. The second-order valence-electron chi connectivity index (χ2n) is 8.24. The van der Waals surface area contributed by atoms with Crippen molar-refractivity contribution >= 4 is 6.09 Å². The van der Waals surface area contributed by atoms with Gasteiger partial charge in [-0.2, -0.15) is 0 Å². The third kappa shape index (κ3) is 4.91. The Bertz CT molecular complexity index is 789. The van der Waals surface area contributed by atoms with Crippen molar-refractivity contribution in [3.8, 4) is 11.1 Å². The fraction of sp³-hybridized carbons (Fsp3) is 0.435. The van der Waals surface area contributed by atoms with Gasteiger partial charge in [0.1, 0.15) is 18.2 Å². The number of aliphatic hydroxyl groups is 1. The van der Waals surface area contributed by atoms with Crippen molar-refractivity contribution in [1.29, 1.82) is 0 Å². The number of alkyl carbamates (subject to hydrolysis) is 1. The minimum absolute atomic E-state index is 0.0744. The van der Waals surface area contributed by atoms with E-state index in [4.69, 9.17) is 4.74 Å². The molecule has 3 atom stereocenters. The van der Waals surface area contributed by atoms with Crippen molar-refractivity contribution in [3.63, 3.8) is 0 Å². The summed E-state index contributed by atoms with van der Waals surface area (Å²) in [7, 11) is 4.24. The van der Waals surface area contributed by atoms with Crippen LogP contribution in [-0.2, 0) is 11.3 Å². The molecule has 1 aliphatic rings. The first-order valence-corrected chi connectivity index (χ1v) is 9.95. The fourth-order valence-electron chi connectivity index (χ4n) is 4.14. The lowest BCUT2D eigenvalue weighted by Gasteiger charge is -2.45. The number of aliphatic hydroxyl groups excluding tert-OH is 1. The summed E-state index contributed by atoms with van der Waals surface area (Å²) in [6, 6.07) is 18.3. The third-order valence-electron chi connectivity index (χ3n) is 5.79. The quantitative estimate of drug-likeness (QED) is 0.776. The number of carbonyl (C=O) groups excluding carboxylic acids is 1. The Morgan fingerprint density at radius 3 is 2.57 bits per heavy atom. The molecule has 0 saturated carbocycles.